The predicted molar refractivity (Wildman–Crippen MR) is 115 cm³/mol. The Bertz CT molecular complexity index is 935. The number of hydrogen-bond acceptors (Lipinski definition) is 6. The summed E-state index contributed by atoms with van der Waals surface area (Å²) >= 11 is 1.82. The van der Waals surface area contributed by atoms with Crippen LogP contribution in [0.15, 0.2) is 57.8 Å². The fourth-order valence-electron chi connectivity index (χ4n) is 2.63. The Balaban J connectivity index is 1.57. The Morgan fingerprint density at radius 3 is 2.34 bits per heavy atom. The predicted octanol–water partition coefficient (Wildman–Crippen LogP) is 5.20. The Labute approximate surface area is 175 Å². The molecule has 1 aromatic heterocycles. The van der Waals surface area contributed by atoms with Crippen LogP contribution in [-0.2, 0) is 6.42 Å². The summed E-state index contributed by atoms with van der Waals surface area (Å²) in [5.74, 6) is 0.853. The van der Waals surface area contributed by atoms with Crippen LogP contribution in [0.3, 0.4) is 0 Å². The first-order valence-electron chi connectivity index (χ1n) is 9.55. The number of rotatable bonds is 8. The van der Waals surface area contributed by atoms with E-state index in [0.29, 0.717) is 23.1 Å². The molecule has 1 heterocycles. The average molecular weight is 412 g/mol. The molecule has 1 amide bonds. The van der Waals surface area contributed by atoms with Crippen LogP contribution in [0.4, 0.5) is 6.01 Å². The lowest BCUT2D eigenvalue weighted by Gasteiger charge is -2.09. The molecule has 0 radical (unpaired) electrons. The molecule has 29 heavy (non-hydrogen) atoms. The first-order valence-corrected chi connectivity index (χ1v) is 10.4. The molecule has 0 aliphatic rings. The minimum absolute atomic E-state index is 0.0802. The van der Waals surface area contributed by atoms with Crippen LogP contribution in [0.1, 0.15) is 49.5 Å². The molecule has 0 bridgehead atoms. The molecule has 0 spiro atoms. The van der Waals surface area contributed by atoms with Gasteiger partial charge in [-0.3, -0.25) is 10.1 Å². The summed E-state index contributed by atoms with van der Waals surface area (Å²) in [5, 5.41) is 11.1. The van der Waals surface area contributed by atoms with Gasteiger partial charge >= 0.3 is 6.01 Å². The monoisotopic (exact) mass is 411 g/mol. The van der Waals surface area contributed by atoms with Gasteiger partial charge in [-0.15, -0.1) is 16.9 Å². The van der Waals surface area contributed by atoms with Gasteiger partial charge in [0.2, 0.25) is 5.89 Å². The number of nitrogens with zero attached hydrogens (tertiary/aromatic N) is 2. The lowest BCUT2D eigenvalue weighted by molar-refractivity contribution is 0.102. The number of ether oxygens (including phenoxy) is 1. The van der Waals surface area contributed by atoms with Gasteiger partial charge in [0.05, 0.1) is 12.5 Å². The fraction of sp³-hybridized carbons (Fsp3) is 0.318. The largest absolute Gasteiger partial charge is 0.491 e. The zero-order chi connectivity index (χ0) is 20.8. The zero-order valence-corrected chi connectivity index (χ0v) is 17.8. The summed E-state index contributed by atoms with van der Waals surface area (Å²) in [6.07, 6.45) is 0.591. The van der Waals surface area contributed by atoms with Crippen molar-refractivity contribution in [2.75, 3.05) is 5.32 Å². The minimum atomic E-state index is -0.314. The summed E-state index contributed by atoms with van der Waals surface area (Å²) < 4.78 is 11.1. The average Bonchev–Trinajstić information content (AvgIpc) is 3.10. The van der Waals surface area contributed by atoms with Crippen molar-refractivity contribution in [2.45, 2.75) is 50.4 Å². The molecule has 0 saturated carbocycles. The maximum absolute atomic E-state index is 12.4. The molecular formula is C22H25N3O3S. The highest BCUT2D eigenvalue weighted by Crippen LogP contribution is 2.23. The molecule has 0 unspecified atom stereocenters. The summed E-state index contributed by atoms with van der Waals surface area (Å²) in [4.78, 5) is 13.6. The van der Waals surface area contributed by atoms with E-state index in [1.54, 1.807) is 24.3 Å². The van der Waals surface area contributed by atoms with E-state index in [2.05, 4.69) is 41.5 Å². The Hall–Kier alpha value is -2.80. The molecule has 0 aliphatic heterocycles. The molecular weight excluding hydrogens is 386 g/mol. The van der Waals surface area contributed by atoms with E-state index in [1.165, 1.54) is 4.90 Å². The molecule has 0 saturated heterocycles. The van der Waals surface area contributed by atoms with Gasteiger partial charge < -0.3 is 9.15 Å². The van der Waals surface area contributed by atoms with Crippen molar-refractivity contribution in [1.29, 1.82) is 0 Å². The fourth-order valence-corrected chi connectivity index (χ4v) is 3.47. The van der Waals surface area contributed by atoms with E-state index in [1.807, 2.05) is 37.7 Å². The van der Waals surface area contributed by atoms with E-state index >= 15 is 0 Å². The highest BCUT2D eigenvalue weighted by atomic mass is 32.2. The van der Waals surface area contributed by atoms with Gasteiger partial charge in [0.15, 0.2) is 0 Å². The van der Waals surface area contributed by atoms with Crippen molar-refractivity contribution >= 4 is 23.7 Å². The van der Waals surface area contributed by atoms with Gasteiger partial charge in [-0.25, -0.2) is 0 Å². The molecule has 2 aromatic carbocycles. The molecule has 3 aromatic rings. The second-order valence-electron chi connectivity index (χ2n) is 7.13. The molecule has 0 fully saturated rings. The van der Waals surface area contributed by atoms with Crippen LogP contribution >= 0.6 is 11.8 Å². The van der Waals surface area contributed by atoms with Gasteiger partial charge in [-0.2, -0.15) is 0 Å². The van der Waals surface area contributed by atoms with Gasteiger partial charge in [-0.05, 0) is 55.8 Å². The van der Waals surface area contributed by atoms with E-state index in [-0.39, 0.29) is 18.0 Å². The van der Waals surface area contributed by atoms with Gasteiger partial charge in [-0.1, -0.05) is 31.1 Å². The first-order chi connectivity index (χ1) is 13.9. The summed E-state index contributed by atoms with van der Waals surface area (Å²) in [7, 11) is 0. The minimum Gasteiger partial charge on any atom is -0.491 e. The van der Waals surface area contributed by atoms with Crippen molar-refractivity contribution in [3.8, 4) is 5.75 Å². The summed E-state index contributed by atoms with van der Waals surface area (Å²) in [6, 6.07) is 15.3. The molecule has 3 rings (SSSR count). The maximum atomic E-state index is 12.4. The number of hydrogen-bond donors (Lipinski definition) is 1. The van der Waals surface area contributed by atoms with Crippen LogP contribution in [-0.4, -0.2) is 27.5 Å². The van der Waals surface area contributed by atoms with Gasteiger partial charge in [0.1, 0.15) is 5.75 Å². The number of anilines is 1. The third-order valence-corrected chi connectivity index (χ3v) is 4.84. The number of thioether (sulfide) groups is 1. The third kappa shape index (κ3) is 6.35. The van der Waals surface area contributed by atoms with Crippen molar-refractivity contribution < 1.29 is 13.9 Å². The number of aromatic nitrogens is 2. The van der Waals surface area contributed by atoms with E-state index in [4.69, 9.17) is 9.15 Å². The first kappa shape index (κ1) is 20.9. The molecule has 6 nitrogen and oxygen atoms in total. The van der Waals surface area contributed by atoms with Crippen LogP contribution in [0.5, 0.6) is 5.75 Å². The topological polar surface area (TPSA) is 77.2 Å². The quantitative estimate of drug-likeness (QED) is 0.513. The third-order valence-electron chi connectivity index (χ3n) is 3.83. The lowest BCUT2D eigenvalue weighted by Crippen LogP contribution is -2.12. The van der Waals surface area contributed by atoms with Crippen molar-refractivity contribution in [1.82, 2.24) is 10.2 Å². The van der Waals surface area contributed by atoms with E-state index in [0.717, 1.165) is 11.3 Å². The van der Waals surface area contributed by atoms with E-state index < -0.39 is 0 Å². The van der Waals surface area contributed by atoms with Crippen LogP contribution in [0.25, 0.3) is 0 Å². The highest BCUT2D eigenvalue weighted by Gasteiger charge is 2.12. The van der Waals surface area contributed by atoms with Crippen molar-refractivity contribution in [3.05, 3.63) is 65.5 Å². The van der Waals surface area contributed by atoms with Gasteiger partial charge in [0, 0.05) is 15.7 Å². The molecule has 1 N–H and O–H groups in total. The SMILES string of the molecule is CC(C)Oc1ccc(C(=O)Nc2nnc(Cc3ccc(SC(C)C)cc3)o2)cc1. The van der Waals surface area contributed by atoms with Gasteiger partial charge in [0.25, 0.3) is 5.91 Å². The Kier molecular flexibility index (Phi) is 6.93. The van der Waals surface area contributed by atoms with Crippen LogP contribution < -0.4 is 10.1 Å². The lowest BCUT2D eigenvalue weighted by atomic mass is 10.1. The van der Waals surface area contributed by atoms with E-state index in [9.17, 15) is 4.79 Å². The van der Waals surface area contributed by atoms with Crippen molar-refractivity contribution in [3.63, 3.8) is 0 Å². The molecule has 0 atom stereocenters. The normalized spacial score (nSPS) is 11.1. The number of nitrogens with one attached hydrogen (secondary N) is 1. The molecule has 0 aliphatic carbocycles. The molecule has 7 heteroatoms. The highest BCUT2D eigenvalue weighted by molar-refractivity contribution is 7.99. The molecule has 152 valence electrons. The standard InChI is InChI=1S/C22H25N3O3S/c1-14(2)27-18-9-7-17(8-10-18)21(26)23-22-25-24-20(28-22)13-16-5-11-19(12-6-16)29-15(3)4/h5-12,14-15H,13H2,1-4H3,(H,23,25,26). The smallest absolute Gasteiger partial charge is 0.322 e. The summed E-state index contributed by atoms with van der Waals surface area (Å²) in [6.45, 7) is 8.24. The van der Waals surface area contributed by atoms with Crippen LogP contribution in [0, 0.1) is 0 Å². The number of carbonyl (C=O) groups is 1. The zero-order valence-electron chi connectivity index (χ0n) is 17.0. The number of amides is 1. The Morgan fingerprint density at radius 1 is 1.03 bits per heavy atom. The second kappa shape index (κ2) is 9.60. The number of carbonyl (C=O) groups excluding carboxylic acids is 1. The second-order valence-corrected chi connectivity index (χ2v) is 8.78. The number of benzene rings is 2. The Morgan fingerprint density at radius 2 is 1.72 bits per heavy atom. The summed E-state index contributed by atoms with van der Waals surface area (Å²) in [5.41, 5.74) is 1.56. The van der Waals surface area contributed by atoms with Crippen LogP contribution in [0.2, 0.25) is 0 Å². The maximum Gasteiger partial charge on any atom is 0.322 e. The van der Waals surface area contributed by atoms with Crippen molar-refractivity contribution in [2.24, 2.45) is 0 Å².